The Hall–Kier alpha value is -1.60. The Balaban J connectivity index is 1.54. The second kappa shape index (κ2) is 21.7. The van der Waals surface area contributed by atoms with E-state index in [9.17, 15) is 0 Å². The van der Waals surface area contributed by atoms with Crippen molar-refractivity contribution in [2.24, 2.45) is 5.92 Å². The molecule has 0 amide bonds. The van der Waals surface area contributed by atoms with Gasteiger partial charge in [0.25, 0.3) is 0 Å². The Morgan fingerprint density at radius 3 is 1.94 bits per heavy atom. The Bertz CT molecular complexity index is 673. The molecule has 0 atom stereocenters. The minimum atomic E-state index is 0.919. The number of hydrogen-bond donors (Lipinski definition) is 1. The molecule has 1 fully saturated rings. The van der Waals surface area contributed by atoms with Crippen molar-refractivity contribution in [3.05, 3.63) is 71.9 Å². The molecule has 0 unspecified atom stereocenters. The van der Waals surface area contributed by atoms with Gasteiger partial charge in [0, 0.05) is 0 Å². The van der Waals surface area contributed by atoms with Crippen molar-refractivity contribution < 1.29 is 0 Å². The molecule has 2 rings (SSSR count). The molecule has 2 aliphatic rings. The SMILES string of the molecule is CC1=C\C=C/C=C\C=C/C(CCCCCCCNCC2CCCCCCCCCCCC2)=C\C=C1. The number of hydrogen-bond acceptors (Lipinski definition) is 1. The van der Waals surface area contributed by atoms with E-state index in [1.54, 1.807) is 0 Å². The summed E-state index contributed by atoms with van der Waals surface area (Å²) in [6.45, 7) is 4.62. The first kappa shape index (κ1) is 29.6. The first-order valence-corrected chi connectivity index (χ1v) is 15.1. The number of rotatable bonds is 10. The van der Waals surface area contributed by atoms with Gasteiger partial charge in [-0.3, -0.25) is 0 Å². The highest BCUT2D eigenvalue weighted by Crippen LogP contribution is 2.20. The van der Waals surface area contributed by atoms with E-state index in [1.807, 2.05) is 0 Å². The molecule has 35 heavy (non-hydrogen) atoms. The van der Waals surface area contributed by atoms with Gasteiger partial charge in [-0.05, 0) is 63.6 Å². The van der Waals surface area contributed by atoms with Gasteiger partial charge in [0.2, 0.25) is 0 Å². The Kier molecular flexibility index (Phi) is 18.3. The van der Waals surface area contributed by atoms with Crippen LogP contribution in [0.4, 0.5) is 0 Å². The van der Waals surface area contributed by atoms with E-state index in [1.165, 1.54) is 140 Å². The third kappa shape index (κ3) is 17.5. The zero-order valence-corrected chi connectivity index (χ0v) is 23.0. The van der Waals surface area contributed by atoms with Crippen LogP contribution in [0, 0.1) is 5.92 Å². The number of nitrogens with one attached hydrogen (secondary N) is 1. The summed E-state index contributed by atoms with van der Waals surface area (Å²) in [5.74, 6) is 0.919. The fourth-order valence-electron chi connectivity index (χ4n) is 5.22. The van der Waals surface area contributed by atoms with Crippen LogP contribution in [0.15, 0.2) is 71.9 Å². The second-order valence-corrected chi connectivity index (χ2v) is 10.8. The summed E-state index contributed by atoms with van der Waals surface area (Å²) in [7, 11) is 0. The predicted molar refractivity (Wildman–Crippen MR) is 158 cm³/mol. The Labute approximate surface area is 218 Å². The third-order valence-corrected chi connectivity index (χ3v) is 7.51. The summed E-state index contributed by atoms with van der Waals surface area (Å²) in [5.41, 5.74) is 2.71. The molecule has 0 saturated heterocycles. The monoisotopic (exact) mass is 477 g/mol. The number of unbranched alkanes of at least 4 members (excludes halogenated alkanes) is 4. The van der Waals surface area contributed by atoms with Crippen LogP contribution in [-0.4, -0.2) is 13.1 Å². The van der Waals surface area contributed by atoms with E-state index in [2.05, 4.69) is 73.0 Å². The molecular formula is C34H55N. The molecule has 1 saturated carbocycles. The van der Waals surface area contributed by atoms with Crippen LogP contribution in [0.2, 0.25) is 0 Å². The lowest BCUT2D eigenvalue weighted by atomic mass is 9.94. The maximum absolute atomic E-state index is 3.82. The van der Waals surface area contributed by atoms with Gasteiger partial charge < -0.3 is 5.32 Å². The molecule has 1 nitrogen and oxygen atoms in total. The molecule has 1 N–H and O–H groups in total. The Morgan fingerprint density at radius 1 is 0.600 bits per heavy atom. The first-order valence-electron chi connectivity index (χ1n) is 15.1. The summed E-state index contributed by atoms with van der Waals surface area (Å²) in [4.78, 5) is 0. The van der Waals surface area contributed by atoms with E-state index in [4.69, 9.17) is 0 Å². The van der Waals surface area contributed by atoms with Crippen LogP contribution in [-0.2, 0) is 0 Å². The highest BCUT2D eigenvalue weighted by molar-refractivity contribution is 5.32. The van der Waals surface area contributed by atoms with Gasteiger partial charge in [-0.2, -0.15) is 0 Å². The molecule has 0 radical (unpaired) electrons. The molecule has 0 spiro atoms. The van der Waals surface area contributed by atoms with E-state index in [0.717, 1.165) is 5.92 Å². The molecule has 0 heterocycles. The van der Waals surface area contributed by atoms with E-state index < -0.39 is 0 Å². The normalized spacial score (nSPS) is 23.8. The molecule has 1 heteroatoms. The summed E-state index contributed by atoms with van der Waals surface area (Å²) >= 11 is 0. The lowest BCUT2D eigenvalue weighted by Crippen LogP contribution is -2.24. The van der Waals surface area contributed by atoms with Crippen LogP contribution in [0.3, 0.4) is 0 Å². The van der Waals surface area contributed by atoms with Crippen LogP contribution in [0.1, 0.15) is 122 Å². The highest BCUT2D eigenvalue weighted by Gasteiger charge is 2.09. The molecule has 0 aromatic heterocycles. The molecule has 196 valence electrons. The van der Waals surface area contributed by atoms with Gasteiger partial charge in [0.15, 0.2) is 0 Å². The van der Waals surface area contributed by atoms with E-state index in [0.29, 0.717) is 0 Å². The minimum absolute atomic E-state index is 0.919. The summed E-state index contributed by atoms with van der Waals surface area (Å²) in [5, 5.41) is 3.82. The van der Waals surface area contributed by atoms with Crippen LogP contribution < -0.4 is 5.32 Å². The van der Waals surface area contributed by atoms with Crippen molar-refractivity contribution in [1.29, 1.82) is 0 Å². The highest BCUT2D eigenvalue weighted by atomic mass is 14.8. The van der Waals surface area contributed by atoms with Crippen LogP contribution >= 0.6 is 0 Å². The molecule has 2 aliphatic carbocycles. The molecule has 0 aliphatic heterocycles. The lowest BCUT2D eigenvalue weighted by Gasteiger charge is -2.17. The van der Waals surface area contributed by atoms with Crippen LogP contribution in [0.25, 0.3) is 0 Å². The molecule has 0 aromatic rings. The van der Waals surface area contributed by atoms with Crippen molar-refractivity contribution in [2.45, 2.75) is 122 Å². The smallest absolute Gasteiger partial charge is 0.00205 e. The van der Waals surface area contributed by atoms with E-state index >= 15 is 0 Å². The largest absolute Gasteiger partial charge is 0.316 e. The number of allylic oxidation sites excluding steroid dienone is 12. The minimum Gasteiger partial charge on any atom is -0.316 e. The average molecular weight is 478 g/mol. The zero-order chi connectivity index (χ0) is 24.7. The fraction of sp³-hybridized carbons (Fsp3) is 0.647. The third-order valence-electron chi connectivity index (χ3n) is 7.51. The lowest BCUT2D eigenvalue weighted by molar-refractivity contribution is 0.383. The van der Waals surface area contributed by atoms with Gasteiger partial charge >= 0.3 is 0 Å². The van der Waals surface area contributed by atoms with Crippen LogP contribution in [0.5, 0.6) is 0 Å². The van der Waals surface area contributed by atoms with Gasteiger partial charge in [0.05, 0.1) is 0 Å². The van der Waals surface area contributed by atoms with Crippen molar-refractivity contribution in [3.63, 3.8) is 0 Å². The Morgan fingerprint density at radius 2 is 1.20 bits per heavy atom. The molecule has 0 aromatic carbocycles. The van der Waals surface area contributed by atoms with Crippen molar-refractivity contribution in [1.82, 2.24) is 5.32 Å². The van der Waals surface area contributed by atoms with Gasteiger partial charge in [-0.1, -0.05) is 150 Å². The fourth-order valence-corrected chi connectivity index (χ4v) is 5.22. The van der Waals surface area contributed by atoms with Crippen molar-refractivity contribution in [2.75, 3.05) is 13.1 Å². The molecular weight excluding hydrogens is 422 g/mol. The van der Waals surface area contributed by atoms with Gasteiger partial charge in [-0.15, -0.1) is 0 Å². The molecule has 0 bridgehead atoms. The predicted octanol–water partition coefficient (Wildman–Crippen LogP) is 10.3. The maximum atomic E-state index is 3.82. The van der Waals surface area contributed by atoms with Gasteiger partial charge in [0.1, 0.15) is 0 Å². The van der Waals surface area contributed by atoms with Crippen molar-refractivity contribution >= 4 is 0 Å². The van der Waals surface area contributed by atoms with Gasteiger partial charge in [-0.25, -0.2) is 0 Å². The maximum Gasteiger partial charge on any atom is -0.00205 e. The standard InChI is InChI=1S/C34H55N/c1-32-23-16-10-8-13-17-25-33(29-22-24-32)26-18-14-9-15-21-30-35-31-34-27-19-11-6-4-2-3-5-7-12-20-28-34/h8,10,13,16-17,22-25,29,34-35H,2-7,9,11-12,14-15,18-21,26-28,30-31H2,1H3/b10-8?,13-8-,16-10-,17-13?,23-16?,24-22?,25-17-,29-22?,32-23?,32-24?,33-25?,33-29+. The van der Waals surface area contributed by atoms with E-state index in [-0.39, 0.29) is 0 Å². The average Bonchev–Trinajstić information content (AvgIpc) is 2.88. The van der Waals surface area contributed by atoms with Crippen molar-refractivity contribution in [3.8, 4) is 0 Å². The summed E-state index contributed by atoms with van der Waals surface area (Å²) in [6, 6.07) is 0. The second-order valence-electron chi connectivity index (χ2n) is 10.8. The summed E-state index contributed by atoms with van der Waals surface area (Å²) in [6.07, 6.45) is 47.1. The zero-order valence-electron chi connectivity index (χ0n) is 23.0. The summed E-state index contributed by atoms with van der Waals surface area (Å²) < 4.78 is 0. The topological polar surface area (TPSA) is 12.0 Å². The quantitative estimate of drug-likeness (QED) is 0.308. The first-order chi connectivity index (χ1) is 17.3.